The number of hydrogen-bond donors (Lipinski definition) is 4. The normalized spacial score (nSPS) is 15.7. The molecule has 2 aromatic heterocycles. The van der Waals surface area contributed by atoms with Crippen LogP contribution in [0.15, 0.2) is 73.1 Å². The van der Waals surface area contributed by atoms with E-state index in [1.165, 1.54) is 12.1 Å². The van der Waals surface area contributed by atoms with Gasteiger partial charge in [0.2, 0.25) is 0 Å². The van der Waals surface area contributed by atoms with Gasteiger partial charge in [0.15, 0.2) is 5.69 Å². The molecule has 1 saturated carbocycles. The number of rotatable bonds is 12. The lowest BCUT2D eigenvalue weighted by Crippen LogP contribution is -2.49. The fourth-order valence-corrected chi connectivity index (χ4v) is 6.16. The number of benzene rings is 2. The smallest absolute Gasteiger partial charge is 0.384 e. The molecule has 0 aliphatic heterocycles. The van der Waals surface area contributed by atoms with E-state index in [0.29, 0.717) is 23.5 Å². The Morgan fingerprint density at radius 1 is 1.07 bits per heavy atom. The molecular weight excluding hydrogens is 618 g/mol. The van der Waals surface area contributed by atoms with Gasteiger partial charge in [-0.25, -0.2) is 18.0 Å². The second-order valence-corrected chi connectivity index (χ2v) is 14.5. The van der Waals surface area contributed by atoms with Gasteiger partial charge in [-0.2, -0.15) is 18.3 Å². The van der Waals surface area contributed by atoms with Crippen LogP contribution in [-0.2, 0) is 29.2 Å². The summed E-state index contributed by atoms with van der Waals surface area (Å²) in [4.78, 5) is 4.33. The molecule has 1 fully saturated rings. The number of hydrogen-bond acceptors (Lipinski definition) is 5. The van der Waals surface area contributed by atoms with Gasteiger partial charge in [-0.05, 0) is 87.1 Å². The second-order valence-electron chi connectivity index (χ2n) is 12.6. The number of nitrogens with two attached hydrogens (primary N) is 1. The fraction of sp³-hybridized carbons (Fsp3) is 0.364. The van der Waals surface area contributed by atoms with E-state index in [-0.39, 0.29) is 29.4 Å². The summed E-state index contributed by atoms with van der Waals surface area (Å²) in [6.45, 7) is 5.39. The summed E-state index contributed by atoms with van der Waals surface area (Å²) in [5.41, 5.74) is 5.65. The lowest BCUT2D eigenvalue weighted by molar-refractivity contribution is -0.141. The van der Waals surface area contributed by atoms with E-state index in [2.05, 4.69) is 20.1 Å². The molecule has 0 spiro atoms. The summed E-state index contributed by atoms with van der Waals surface area (Å²) in [5.74, 6) is -0.310. The summed E-state index contributed by atoms with van der Waals surface area (Å²) in [7, 11) is -1.52. The van der Waals surface area contributed by atoms with E-state index in [1.54, 1.807) is 48.8 Å². The number of nitrogens with one attached hydrogen (secondary N) is 3. The van der Waals surface area contributed by atoms with E-state index in [4.69, 9.17) is 11.1 Å². The molecule has 0 bridgehead atoms. The van der Waals surface area contributed by atoms with Crippen LogP contribution in [0, 0.1) is 17.1 Å². The molecule has 0 saturated heterocycles. The third-order valence-corrected chi connectivity index (χ3v) is 9.64. The molecule has 2 unspecified atom stereocenters. The second kappa shape index (κ2) is 13.0. The Morgan fingerprint density at radius 2 is 1.83 bits per heavy atom. The van der Waals surface area contributed by atoms with Gasteiger partial charge in [0.25, 0.3) is 0 Å². The van der Waals surface area contributed by atoms with E-state index in [9.17, 15) is 17.4 Å². The van der Waals surface area contributed by atoms with Crippen molar-refractivity contribution in [3.8, 4) is 5.69 Å². The average Bonchev–Trinajstić information content (AvgIpc) is 3.74. The van der Waals surface area contributed by atoms with Crippen LogP contribution < -0.4 is 15.8 Å². The number of nitrogens with zero attached hydrogens (tertiary/aromatic N) is 3. The van der Waals surface area contributed by atoms with Crippen LogP contribution in [-0.4, -0.2) is 29.6 Å². The van der Waals surface area contributed by atoms with Crippen molar-refractivity contribution in [2.24, 2.45) is 11.7 Å². The van der Waals surface area contributed by atoms with Crippen molar-refractivity contribution in [2.45, 2.75) is 69.5 Å². The molecule has 1 aliphatic rings. The fourth-order valence-electron chi connectivity index (χ4n) is 5.20. The summed E-state index contributed by atoms with van der Waals surface area (Å²) in [6.07, 6.45) is 2.30. The first-order chi connectivity index (χ1) is 21.7. The van der Waals surface area contributed by atoms with Gasteiger partial charge in [0.05, 0.1) is 44.9 Å². The molecule has 0 radical (unpaired) electrons. The Bertz CT molecular complexity index is 1730. The maximum Gasteiger partial charge on any atom is 0.435 e. The highest BCUT2D eigenvalue weighted by atomic mass is 32.2. The Balaban J connectivity index is 1.55. The maximum absolute atomic E-state index is 15.4. The Labute approximate surface area is 267 Å². The van der Waals surface area contributed by atoms with E-state index in [1.807, 2.05) is 26.8 Å². The standard InChI is InChI=1S/C33H37F4N7OS/c1-31(2,3)46(45)43-32(14-13-21-9-10-21,24-7-5-15-40-19-24)23-11-12-27(34)28(17-23)41-20-26-18-29(33(35,36)37)42-44(26)25-8-4-6-22(16-25)30(38)39/h4-8,11-12,15-19,21,41,43H,9-10,13-14,20H2,1-3H3,(H3,38,39). The lowest BCUT2D eigenvalue weighted by Gasteiger charge is -2.38. The molecule has 2 atom stereocenters. The van der Waals surface area contributed by atoms with Crippen molar-refractivity contribution in [1.82, 2.24) is 19.5 Å². The Morgan fingerprint density at radius 3 is 2.46 bits per heavy atom. The average molecular weight is 656 g/mol. The monoisotopic (exact) mass is 655 g/mol. The van der Waals surface area contributed by atoms with Crippen molar-refractivity contribution in [3.63, 3.8) is 0 Å². The van der Waals surface area contributed by atoms with E-state index < -0.39 is 39.0 Å². The number of anilines is 1. The van der Waals surface area contributed by atoms with Gasteiger partial charge in [-0.3, -0.25) is 10.4 Å². The predicted molar refractivity (Wildman–Crippen MR) is 171 cm³/mol. The highest BCUT2D eigenvalue weighted by molar-refractivity contribution is 7.84. The molecule has 4 aromatic rings. The molecular formula is C33H37F4N7OS. The number of pyridine rings is 1. The topological polar surface area (TPSA) is 122 Å². The quantitative estimate of drug-likeness (QED) is 0.0760. The van der Waals surface area contributed by atoms with Crippen LogP contribution in [0.5, 0.6) is 0 Å². The van der Waals surface area contributed by atoms with Crippen molar-refractivity contribution < 1.29 is 21.8 Å². The molecule has 2 heterocycles. The van der Waals surface area contributed by atoms with Crippen LogP contribution in [0.3, 0.4) is 0 Å². The molecule has 0 amide bonds. The number of amidine groups is 1. The molecule has 5 N–H and O–H groups in total. The highest BCUT2D eigenvalue weighted by Gasteiger charge is 2.40. The largest absolute Gasteiger partial charge is 0.435 e. The molecule has 46 heavy (non-hydrogen) atoms. The molecule has 5 rings (SSSR count). The van der Waals surface area contributed by atoms with Crippen LogP contribution in [0.25, 0.3) is 5.69 Å². The minimum absolute atomic E-state index is 0.0549. The first kappa shape index (κ1) is 33.3. The highest BCUT2D eigenvalue weighted by Crippen LogP contribution is 2.42. The third kappa shape index (κ3) is 7.47. The molecule has 13 heteroatoms. The van der Waals surface area contributed by atoms with Crippen LogP contribution in [0.1, 0.15) is 74.5 Å². The molecule has 2 aromatic carbocycles. The number of halogens is 4. The Hall–Kier alpha value is -4.10. The summed E-state index contributed by atoms with van der Waals surface area (Å²) in [6, 6.07) is 15.3. The maximum atomic E-state index is 15.4. The number of aromatic nitrogens is 3. The van der Waals surface area contributed by atoms with Gasteiger partial charge in [0, 0.05) is 18.0 Å². The third-order valence-electron chi connectivity index (χ3n) is 8.00. The van der Waals surface area contributed by atoms with Gasteiger partial charge >= 0.3 is 6.18 Å². The number of nitrogen functional groups attached to an aromatic ring is 1. The summed E-state index contributed by atoms with van der Waals surface area (Å²) in [5, 5.41) is 14.5. The van der Waals surface area contributed by atoms with E-state index in [0.717, 1.165) is 35.6 Å². The SMILES string of the molecule is CC(C)(C)S(=O)NC(CCC1CC1)(c1cccnc1)c1ccc(F)c(NCc2cc(C(F)(F)F)nn2-c2cccc(C(=N)N)c2)c1. The van der Waals surface area contributed by atoms with Crippen molar-refractivity contribution in [2.75, 3.05) is 5.32 Å². The van der Waals surface area contributed by atoms with Crippen LogP contribution in [0.2, 0.25) is 0 Å². The zero-order chi connectivity index (χ0) is 33.3. The zero-order valence-electron chi connectivity index (χ0n) is 25.8. The minimum atomic E-state index is -4.72. The lowest BCUT2D eigenvalue weighted by atomic mass is 9.80. The minimum Gasteiger partial charge on any atom is -0.384 e. The first-order valence-corrected chi connectivity index (χ1v) is 16.1. The Kier molecular flexibility index (Phi) is 9.37. The molecule has 1 aliphatic carbocycles. The van der Waals surface area contributed by atoms with E-state index >= 15 is 4.39 Å². The zero-order valence-corrected chi connectivity index (χ0v) is 26.6. The number of alkyl halides is 3. The van der Waals surface area contributed by atoms with Gasteiger partial charge in [0.1, 0.15) is 11.7 Å². The predicted octanol–water partition coefficient (Wildman–Crippen LogP) is 6.81. The van der Waals surface area contributed by atoms with Crippen LogP contribution >= 0.6 is 0 Å². The van der Waals surface area contributed by atoms with Gasteiger partial charge in [-0.15, -0.1) is 0 Å². The van der Waals surface area contributed by atoms with Crippen molar-refractivity contribution in [1.29, 1.82) is 5.41 Å². The summed E-state index contributed by atoms with van der Waals surface area (Å²) < 4.78 is 74.2. The van der Waals surface area contributed by atoms with Crippen molar-refractivity contribution >= 4 is 22.5 Å². The molecule has 244 valence electrons. The first-order valence-electron chi connectivity index (χ1n) is 14.9. The van der Waals surface area contributed by atoms with Gasteiger partial charge < -0.3 is 11.1 Å². The van der Waals surface area contributed by atoms with Gasteiger partial charge in [-0.1, -0.05) is 37.1 Å². The molecule has 8 nitrogen and oxygen atoms in total. The van der Waals surface area contributed by atoms with Crippen molar-refractivity contribution in [3.05, 3.63) is 107 Å². The summed E-state index contributed by atoms with van der Waals surface area (Å²) >= 11 is 0. The van der Waals surface area contributed by atoms with Crippen LogP contribution in [0.4, 0.5) is 23.2 Å².